The zero-order valence-electron chi connectivity index (χ0n) is 14.9. The van der Waals surface area contributed by atoms with Gasteiger partial charge in [0.25, 0.3) is 0 Å². The molecule has 25 heavy (non-hydrogen) atoms. The number of rotatable bonds is 3. The Morgan fingerprint density at radius 1 is 1.04 bits per heavy atom. The highest BCUT2D eigenvalue weighted by atomic mass is 15.1. The van der Waals surface area contributed by atoms with Crippen molar-refractivity contribution in [3.63, 3.8) is 0 Å². The summed E-state index contributed by atoms with van der Waals surface area (Å²) in [6, 6.07) is 13.1. The van der Waals surface area contributed by atoms with Crippen LogP contribution in [0.15, 0.2) is 48.8 Å². The van der Waals surface area contributed by atoms with Crippen LogP contribution in [0.25, 0.3) is 22.0 Å². The molecule has 0 bridgehead atoms. The highest BCUT2D eigenvalue weighted by Crippen LogP contribution is 2.32. The average molecular weight is 332 g/mol. The summed E-state index contributed by atoms with van der Waals surface area (Å²) in [7, 11) is 2.19. The van der Waals surface area contributed by atoms with Crippen LogP contribution in [-0.4, -0.2) is 41.0 Å². The smallest absolute Gasteiger partial charge is 0.134 e. The van der Waals surface area contributed by atoms with E-state index in [0.29, 0.717) is 6.04 Å². The van der Waals surface area contributed by atoms with Crippen LogP contribution in [-0.2, 0) is 0 Å². The van der Waals surface area contributed by atoms with Crippen molar-refractivity contribution in [3.05, 3.63) is 54.4 Å². The maximum absolute atomic E-state index is 4.76. The number of aromatic nitrogens is 2. The minimum absolute atomic E-state index is 0.494. The van der Waals surface area contributed by atoms with Crippen LogP contribution < -0.4 is 5.32 Å². The number of piperidine rings is 1. The van der Waals surface area contributed by atoms with Crippen molar-refractivity contribution in [2.45, 2.75) is 25.8 Å². The van der Waals surface area contributed by atoms with Crippen molar-refractivity contribution in [2.24, 2.45) is 0 Å². The molecular weight excluding hydrogens is 308 g/mol. The van der Waals surface area contributed by atoms with Crippen LogP contribution in [0.3, 0.4) is 0 Å². The highest BCUT2D eigenvalue weighted by Gasteiger charge is 2.18. The molecule has 1 aromatic carbocycles. The zero-order chi connectivity index (χ0) is 17.2. The van der Waals surface area contributed by atoms with Gasteiger partial charge in [0, 0.05) is 29.4 Å². The lowest BCUT2D eigenvalue weighted by molar-refractivity contribution is 0.264. The zero-order valence-corrected chi connectivity index (χ0v) is 14.9. The van der Waals surface area contributed by atoms with Crippen molar-refractivity contribution < 1.29 is 0 Å². The maximum atomic E-state index is 4.76. The Morgan fingerprint density at radius 3 is 2.64 bits per heavy atom. The molecule has 0 aliphatic carbocycles. The molecule has 4 rings (SSSR count). The van der Waals surface area contributed by atoms with E-state index in [4.69, 9.17) is 4.98 Å². The van der Waals surface area contributed by atoms with E-state index in [1.54, 1.807) is 0 Å². The first-order valence-electron chi connectivity index (χ1n) is 8.96. The summed E-state index contributed by atoms with van der Waals surface area (Å²) >= 11 is 0. The van der Waals surface area contributed by atoms with E-state index in [0.717, 1.165) is 43.0 Å². The molecule has 0 atom stereocenters. The molecule has 1 fully saturated rings. The Kier molecular flexibility index (Phi) is 4.36. The first-order chi connectivity index (χ1) is 12.2. The second-order valence-corrected chi connectivity index (χ2v) is 7.01. The first-order valence-corrected chi connectivity index (χ1v) is 8.96. The molecule has 0 amide bonds. The van der Waals surface area contributed by atoms with Crippen molar-refractivity contribution >= 4 is 16.6 Å². The summed E-state index contributed by atoms with van der Waals surface area (Å²) in [6.45, 7) is 4.41. The number of benzene rings is 1. The summed E-state index contributed by atoms with van der Waals surface area (Å²) in [4.78, 5) is 11.7. The minimum atomic E-state index is 0.494. The summed E-state index contributed by atoms with van der Waals surface area (Å²) in [6.07, 6.45) is 6.12. The van der Waals surface area contributed by atoms with Gasteiger partial charge in [-0.25, -0.2) is 4.98 Å². The topological polar surface area (TPSA) is 41.0 Å². The SMILES string of the molecule is Cc1ccc2c(NC3CCN(C)CC3)ncc(-c3ccccn3)c2c1. The summed E-state index contributed by atoms with van der Waals surface area (Å²) in [5, 5.41) is 6.07. The van der Waals surface area contributed by atoms with Crippen LogP contribution in [0.4, 0.5) is 5.82 Å². The second kappa shape index (κ2) is 6.81. The van der Waals surface area contributed by atoms with Gasteiger partial charge in [0.05, 0.1) is 5.69 Å². The number of nitrogens with one attached hydrogen (secondary N) is 1. The Morgan fingerprint density at radius 2 is 1.88 bits per heavy atom. The second-order valence-electron chi connectivity index (χ2n) is 7.01. The number of hydrogen-bond acceptors (Lipinski definition) is 4. The molecule has 1 N–H and O–H groups in total. The molecule has 0 spiro atoms. The summed E-state index contributed by atoms with van der Waals surface area (Å²) < 4.78 is 0. The highest BCUT2D eigenvalue weighted by molar-refractivity contribution is 6.01. The van der Waals surface area contributed by atoms with Gasteiger partial charge in [0.15, 0.2) is 0 Å². The van der Waals surface area contributed by atoms with Crippen molar-refractivity contribution in [1.29, 1.82) is 0 Å². The third kappa shape index (κ3) is 3.35. The van der Waals surface area contributed by atoms with E-state index < -0.39 is 0 Å². The van der Waals surface area contributed by atoms with E-state index in [2.05, 4.69) is 47.4 Å². The molecule has 4 nitrogen and oxygen atoms in total. The van der Waals surface area contributed by atoms with Gasteiger partial charge in [-0.3, -0.25) is 4.98 Å². The summed E-state index contributed by atoms with van der Waals surface area (Å²) in [5.74, 6) is 0.990. The third-order valence-corrected chi connectivity index (χ3v) is 5.04. The quantitative estimate of drug-likeness (QED) is 0.783. The summed E-state index contributed by atoms with van der Waals surface area (Å²) in [5.41, 5.74) is 3.31. The molecule has 1 aliphatic rings. The molecule has 128 valence electrons. The fraction of sp³-hybridized carbons (Fsp3) is 0.333. The number of fused-ring (bicyclic) bond motifs is 1. The lowest BCUT2D eigenvalue weighted by Crippen LogP contribution is -2.36. The van der Waals surface area contributed by atoms with Gasteiger partial charge >= 0.3 is 0 Å². The minimum Gasteiger partial charge on any atom is -0.367 e. The van der Waals surface area contributed by atoms with Crippen LogP contribution in [0, 0.1) is 6.92 Å². The predicted octanol–water partition coefficient (Wildman–Crippen LogP) is 4.11. The Labute approximate surface area is 148 Å². The van der Waals surface area contributed by atoms with Crippen LogP contribution >= 0.6 is 0 Å². The number of aryl methyl sites for hydroxylation is 1. The number of pyridine rings is 2. The average Bonchev–Trinajstić information content (AvgIpc) is 2.64. The van der Waals surface area contributed by atoms with Crippen LogP contribution in [0.5, 0.6) is 0 Å². The number of hydrogen-bond donors (Lipinski definition) is 1. The van der Waals surface area contributed by atoms with Gasteiger partial charge in [-0.15, -0.1) is 0 Å². The lowest BCUT2D eigenvalue weighted by atomic mass is 10.0. The number of anilines is 1. The monoisotopic (exact) mass is 332 g/mol. The van der Waals surface area contributed by atoms with E-state index in [1.807, 2.05) is 30.6 Å². The van der Waals surface area contributed by atoms with Crippen molar-refractivity contribution in [3.8, 4) is 11.3 Å². The fourth-order valence-electron chi connectivity index (χ4n) is 3.54. The maximum Gasteiger partial charge on any atom is 0.134 e. The molecule has 4 heteroatoms. The van der Waals surface area contributed by atoms with Gasteiger partial charge in [-0.2, -0.15) is 0 Å². The third-order valence-electron chi connectivity index (χ3n) is 5.04. The molecule has 2 aromatic heterocycles. The number of likely N-dealkylation sites (tertiary alicyclic amines) is 1. The van der Waals surface area contributed by atoms with Gasteiger partial charge < -0.3 is 10.2 Å². The first kappa shape index (κ1) is 16.0. The Hall–Kier alpha value is -2.46. The predicted molar refractivity (Wildman–Crippen MR) is 104 cm³/mol. The molecule has 3 aromatic rings. The molecule has 1 saturated heterocycles. The Bertz CT molecular complexity index is 868. The van der Waals surface area contributed by atoms with E-state index in [1.165, 1.54) is 16.3 Å². The number of nitrogens with zero attached hydrogens (tertiary/aromatic N) is 3. The van der Waals surface area contributed by atoms with Gasteiger partial charge in [0.1, 0.15) is 5.82 Å². The molecule has 0 unspecified atom stereocenters. The van der Waals surface area contributed by atoms with Crippen molar-refractivity contribution in [2.75, 3.05) is 25.5 Å². The van der Waals surface area contributed by atoms with Crippen LogP contribution in [0.2, 0.25) is 0 Å². The van der Waals surface area contributed by atoms with Crippen molar-refractivity contribution in [1.82, 2.24) is 14.9 Å². The lowest BCUT2D eigenvalue weighted by Gasteiger charge is -2.30. The fourth-order valence-corrected chi connectivity index (χ4v) is 3.54. The largest absolute Gasteiger partial charge is 0.367 e. The molecule has 3 heterocycles. The molecule has 0 saturated carbocycles. The van der Waals surface area contributed by atoms with Gasteiger partial charge in [0.2, 0.25) is 0 Å². The molecule has 0 radical (unpaired) electrons. The normalized spacial score (nSPS) is 16.2. The van der Waals surface area contributed by atoms with Crippen LogP contribution in [0.1, 0.15) is 18.4 Å². The molecule has 1 aliphatic heterocycles. The van der Waals surface area contributed by atoms with E-state index >= 15 is 0 Å². The van der Waals surface area contributed by atoms with Gasteiger partial charge in [-0.05, 0) is 57.4 Å². The van der Waals surface area contributed by atoms with E-state index in [-0.39, 0.29) is 0 Å². The standard InChI is InChI=1S/C21H24N4/c1-15-6-7-17-18(13-15)19(20-5-3-4-10-22-20)14-23-21(17)24-16-8-11-25(2)12-9-16/h3-7,10,13-14,16H,8-9,11-12H2,1-2H3,(H,23,24). The molecular formula is C21H24N4. The Balaban J connectivity index is 1.74. The van der Waals surface area contributed by atoms with Gasteiger partial charge in [-0.1, -0.05) is 29.8 Å². The van der Waals surface area contributed by atoms with E-state index in [9.17, 15) is 0 Å².